The number of primary amides is 1. The number of carbonyl (C=O) groups excluding carboxylic acids is 1. The van der Waals surface area contributed by atoms with Crippen LogP contribution in [0.3, 0.4) is 0 Å². The number of nitrogens with zero attached hydrogens (tertiary/aromatic N) is 2. The number of pyridine rings is 1. The van der Waals surface area contributed by atoms with E-state index in [0.717, 1.165) is 21.9 Å². The van der Waals surface area contributed by atoms with Crippen LogP contribution >= 0.6 is 11.3 Å². The van der Waals surface area contributed by atoms with Gasteiger partial charge >= 0.3 is 6.03 Å². The summed E-state index contributed by atoms with van der Waals surface area (Å²) in [4.78, 5) is 17.1. The monoisotopic (exact) mass is 301 g/mol. The Hall–Kier alpha value is -2.36. The number of aromatic nitrogens is 1. The molecule has 0 radical (unpaired) electrons. The number of nitrogens with two attached hydrogens (primary N) is 1. The number of hydroxylamine groups is 2. The van der Waals surface area contributed by atoms with Crippen molar-refractivity contribution in [2.75, 3.05) is 0 Å². The highest BCUT2D eigenvalue weighted by Crippen LogP contribution is 2.18. The van der Waals surface area contributed by atoms with Crippen LogP contribution in [0.5, 0.6) is 0 Å². The van der Waals surface area contributed by atoms with Crippen molar-refractivity contribution in [1.82, 2.24) is 10.0 Å². The first kappa shape index (κ1) is 15.0. The van der Waals surface area contributed by atoms with Crippen LogP contribution in [0.2, 0.25) is 0 Å². The molecule has 0 aliphatic rings. The van der Waals surface area contributed by atoms with Crippen molar-refractivity contribution in [3.8, 4) is 11.8 Å². The Morgan fingerprint density at radius 1 is 1.48 bits per heavy atom. The van der Waals surface area contributed by atoms with Crippen molar-refractivity contribution < 1.29 is 10.0 Å². The summed E-state index contributed by atoms with van der Waals surface area (Å²) >= 11 is 1.56. The molecular formula is C15H15N3O2S. The predicted molar refractivity (Wildman–Crippen MR) is 80.9 cm³/mol. The highest BCUT2D eigenvalue weighted by Gasteiger charge is 2.11. The van der Waals surface area contributed by atoms with E-state index >= 15 is 0 Å². The molecule has 2 rings (SSSR count). The average molecular weight is 301 g/mol. The molecule has 0 saturated heterocycles. The minimum atomic E-state index is -0.918. The standard InChI is InChI=1S/C15H15N3O2S/c1-11(18(20)15(16)19)5-6-13-7-8-14(21-13)10-12-4-2-3-9-17-12/h2-4,7-9,11,20H,10H2,1H3,(H2,16,19). The number of hydrogen-bond donors (Lipinski definition) is 2. The summed E-state index contributed by atoms with van der Waals surface area (Å²) in [5.74, 6) is 5.70. The van der Waals surface area contributed by atoms with Gasteiger partial charge in [0.25, 0.3) is 0 Å². The first-order valence-corrected chi connectivity index (χ1v) is 7.15. The first-order chi connectivity index (χ1) is 10.1. The molecule has 3 N–H and O–H groups in total. The maximum Gasteiger partial charge on any atom is 0.339 e. The molecular weight excluding hydrogens is 286 g/mol. The molecule has 6 heteroatoms. The van der Waals surface area contributed by atoms with E-state index in [4.69, 9.17) is 5.73 Å². The number of urea groups is 1. The maximum atomic E-state index is 10.8. The lowest BCUT2D eigenvalue weighted by atomic mass is 10.2. The van der Waals surface area contributed by atoms with Gasteiger partial charge in [0.2, 0.25) is 0 Å². The summed E-state index contributed by atoms with van der Waals surface area (Å²) in [5, 5.41) is 9.74. The van der Waals surface area contributed by atoms with Gasteiger partial charge in [-0.25, -0.2) is 4.79 Å². The zero-order valence-electron chi connectivity index (χ0n) is 11.5. The molecule has 2 amide bonds. The largest absolute Gasteiger partial charge is 0.350 e. The summed E-state index contributed by atoms with van der Waals surface area (Å²) < 4.78 is 0. The molecule has 0 fully saturated rings. The van der Waals surface area contributed by atoms with E-state index in [-0.39, 0.29) is 0 Å². The van der Waals surface area contributed by atoms with Crippen molar-refractivity contribution in [3.63, 3.8) is 0 Å². The minimum Gasteiger partial charge on any atom is -0.350 e. The van der Waals surface area contributed by atoms with E-state index in [1.54, 1.807) is 24.5 Å². The molecule has 108 valence electrons. The van der Waals surface area contributed by atoms with Gasteiger partial charge in [0.15, 0.2) is 0 Å². The number of amides is 2. The average Bonchev–Trinajstić information content (AvgIpc) is 2.92. The fraction of sp³-hybridized carbons (Fsp3) is 0.200. The van der Waals surface area contributed by atoms with E-state index in [1.807, 2.05) is 30.3 Å². The predicted octanol–water partition coefficient (Wildman–Crippen LogP) is 2.24. The second-order valence-corrected chi connectivity index (χ2v) is 5.56. The van der Waals surface area contributed by atoms with Crippen LogP contribution in [0.4, 0.5) is 4.79 Å². The zero-order valence-corrected chi connectivity index (χ0v) is 12.3. The van der Waals surface area contributed by atoms with E-state index in [0.29, 0.717) is 5.06 Å². The molecule has 1 unspecified atom stereocenters. The zero-order chi connectivity index (χ0) is 15.2. The Balaban J connectivity index is 2.02. The Labute approximate surface area is 127 Å². The Kier molecular flexibility index (Phi) is 4.93. The second-order valence-electron chi connectivity index (χ2n) is 4.39. The van der Waals surface area contributed by atoms with Crippen LogP contribution in [-0.2, 0) is 6.42 Å². The number of hydrogen-bond acceptors (Lipinski definition) is 4. The summed E-state index contributed by atoms with van der Waals surface area (Å²) in [5.41, 5.74) is 5.96. The third-order valence-corrected chi connectivity index (χ3v) is 3.74. The highest BCUT2D eigenvalue weighted by molar-refractivity contribution is 7.12. The lowest BCUT2D eigenvalue weighted by molar-refractivity contribution is -0.0536. The fourth-order valence-electron chi connectivity index (χ4n) is 1.65. The van der Waals surface area contributed by atoms with Crippen LogP contribution < -0.4 is 5.73 Å². The van der Waals surface area contributed by atoms with Crippen molar-refractivity contribution in [2.24, 2.45) is 5.73 Å². The Bertz CT molecular complexity index is 673. The highest BCUT2D eigenvalue weighted by atomic mass is 32.1. The van der Waals surface area contributed by atoms with Crippen LogP contribution in [-0.4, -0.2) is 27.3 Å². The smallest absolute Gasteiger partial charge is 0.339 e. The van der Waals surface area contributed by atoms with Crippen LogP contribution in [0.1, 0.15) is 22.4 Å². The van der Waals surface area contributed by atoms with E-state index < -0.39 is 12.1 Å². The molecule has 0 spiro atoms. The fourth-order valence-corrected chi connectivity index (χ4v) is 2.53. The van der Waals surface area contributed by atoms with Crippen molar-refractivity contribution in [1.29, 1.82) is 0 Å². The summed E-state index contributed by atoms with van der Waals surface area (Å²) in [6, 6.07) is 8.16. The van der Waals surface area contributed by atoms with Gasteiger partial charge in [0, 0.05) is 23.2 Å². The van der Waals surface area contributed by atoms with Crippen LogP contribution in [0.25, 0.3) is 0 Å². The maximum absolute atomic E-state index is 10.8. The molecule has 1 atom stereocenters. The molecule has 2 aromatic heterocycles. The lowest BCUT2D eigenvalue weighted by Crippen LogP contribution is -2.38. The van der Waals surface area contributed by atoms with Crippen LogP contribution in [0.15, 0.2) is 36.5 Å². The molecule has 5 nitrogen and oxygen atoms in total. The van der Waals surface area contributed by atoms with Gasteiger partial charge in [0.05, 0.1) is 4.88 Å². The third kappa shape index (κ3) is 4.31. The van der Waals surface area contributed by atoms with Crippen molar-refractivity contribution in [3.05, 3.63) is 52.0 Å². The molecule has 2 heterocycles. The van der Waals surface area contributed by atoms with E-state index in [9.17, 15) is 10.0 Å². The Morgan fingerprint density at radius 2 is 2.29 bits per heavy atom. The summed E-state index contributed by atoms with van der Waals surface area (Å²) in [6.07, 6.45) is 2.53. The molecule has 0 aliphatic carbocycles. The molecule has 2 aromatic rings. The topological polar surface area (TPSA) is 79.4 Å². The van der Waals surface area contributed by atoms with Gasteiger partial charge in [-0.1, -0.05) is 17.9 Å². The molecule has 0 bridgehead atoms. The van der Waals surface area contributed by atoms with Gasteiger partial charge < -0.3 is 5.73 Å². The van der Waals surface area contributed by atoms with Crippen molar-refractivity contribution in [2.45, 2.75) is 19.4 Å². The lowest BCUT2D eigenvalue weighted by Gasteiger charge is -2.14. The SMILES string of the molecule is CC(C#Cc1ccc(Cc2ccccn2)s1)N(O)C(N)=O. The summed E-state index contributed by atoms with van der Waals surface area (Å²) in [7, 11) is 0. The van der Waals surface area contributed by atoms with Gasteiger partial charge in [-0.3, -0.25) is 10.2 Å². The van der Waals surface area contributed by atoms with Gasteiger partial charge in [-0.2, -0.15) is 5.06 Å². The van der Waals surface area contributed by atoms with Gasteiger partial charge in [0.1, 0.15) is 6.04 Å². The minimum absolute atomic E-state index is 0.412. The summed E-state index contributed by atoms with van der Waals surface area (Å²) in [6.45, 7) is 1.60. The quantitative estimate of drug-likeness (QED) is 0.518. The van der Waals surface area contributed by atoms with Gasteiger partial charge in [-0.15, -0.1) is 11.3 Å². The molecule has 0 aliphatic heterocycles. The molecule has 0 aromatic carbocycles. The van der Waals surface area contributed by atoms with Crippen LogP contribution in [0, 0.1) is 11.8 Å². The number of carbonyl (C=O) groups is 1. The van der Waals surface area contributed by atoms with Crippen molar-refractivity contribution >= 4 is 17.4 Å². The first-order valence-electron chi connectivity index (χ1n) is 6.34. The Morgan fingerprint density at radius 3 is 2.95 bits per heavy atom. The van der Waals surface area contributed by atoms with E-state index in [2.05, 4.69) is 16.8 Å². The number of rotatable bonds is 3. The van der Waals surface area contributed by atoms with Gasteiger partial charge in [-0.05, 0) is 31.2 Å². The molecule has 0 saturated carbocycles. The second kappa shape index (κ2) is 6.88. The van der Waals surface area contributed by atoms with E-state index in [1.165, 1.54) is 0 Å². The number of thiophene rings is 1. The normalized spacial score (nSPS) is 11.3. The molecule has 21 heavy (non-hydrogen) atoms. The third-order valence-electron chi connectivity index (χ3n) is 2.74.